The van der Waals surface area contributed by atoms with Crippen LogP contribution in [0.1, 0.15) is 19.3 Å². The first-order valence-corrected chi connectivity index (χ1v) is 8.27. The second-order valence-electron chi connectivity index (χ2n) is 5.31. The van der Waals surface area contributed by atoms with Crippen LogP contribution in [-0.2, 0) is 10.0 Å². The Labute approximate surface area is 125 Å². The summed E-state index contributed by atoms with van der Waals surface area (Å²) >= 11 is 0. The summed E-state index contributed by atoms with van der Waals surface area (Å²) in [6, 6.07) is 4.65. The van der Waals surface area contributed by atoms with Gasteiger partial charge in [0.15, 0.2) is 0 Å². The number of ether oxygens (including phenoxy) is 2. The molecule has 1 saturated carbocycles. The van der Waals surface area contributed by atoms with Gasteiger partial charge >= 0.3 is 0 Å². The number of methoxy groups -OCH3 is 2. The lowest BCUT2D eigenvalue weighted by molar-refractivity contribution is 0.249. The van der Waals surface area contributed by atoms with Crippen molar-refractivity contribution in [3.63, 3.8) is 0 Å². The van der Waals surface area contributed by atoms with Crippen LogP contribution in [0, 0.1) is 5.41 Å². The molecule has 0 saturated heterocycles. The minimum absolute atomic E-state index is 0.0594. The first kappa shape index (κ1) is 16.1. The van der Waals surface area contributed by atoms with E-state index in [4.69, 9.17) is 14.6 Å². The van der Waals surface area contributed by atoms with Crippen LogP contribution >= 0.6 is 0 Å². The van der Waals surface area contributed by atoms with Crippen molar-refractivity contribution in [2.45, 2.75) is 24.2 Å². The van der Waals surface area contributed by atoms with E-state index in [1.165, 1.54) is 20.3 Å². The Kier molecular flexibility index (Phi) is 4.75. The molecule has 0 spiro atoms. The van der Waals surface area contributed by atoms with Gasteiger partial charge in [-0.3, -0.25) is 0 Å². The molecule has 0 unspecified atom stereocenters. The summed E-state index contributed by atoms with van der Waals surface area (Å²) in [4.78, 5) is 0.0594. The molecule has 118 valence electrons. The fraction of sp³-hybridized carbons (Fsp3) is 0.571. The highest BCUT2D eigenvalue weighted by molar-refractivity contribution is 7.89. The van der Waals surface area contributed by atoms with E-state index in [1.807, 2.05) is 0 Å². The van der Waals surface area contributed by atoms with E-state index in [1.54, 1.807) is 12.1 Å². The summed E-state index contributed by atoms with van der Waals surface area (Å²) < 4.78 is 37.7. The van der Waals surface area contributed by atoms with Gasteiger partial charge in [0.2, 0.25) is 10.0 Å². The van der Waals surface area contributed by atoms with Crippen LogP contribution in [0.2, 0.25) is 0 Å². The molecule has 0 aliphatic heterocycles. The van der Waals surface area contributed by atoms with Gasteiger partial charge in [0.25, 0.3) is 0 Å². The zero-order valence-corrected chi connectivity index (χ0v) is 13.1. The average Bonchev–Trinajstić information content (AvgIpc) is 3.25. The second-order valence-corrected chi connectivity index (χ2v) is 7.05. The molecule has 0 atom stereocenters. The Hall–Kier alpha value is -1.31. The van der Waals surface area contributed by atoms with Gasteiger partial charge in [0.1, 0.15) is 16.4 Å². The number of hydrogen-bond donors (Lipinski definition) is 2. The van der Waals surface area contributed by atoms with E-state index in [0.717, 1.165) is 12.8 Å². The molecule has 0 amide bonds. The average molecular weight is 315 g/mol. The van der Waals surface area contributed by atoms with Crippen LogP contribution in [-0.4, -0.2) is 40.9 Å². The van der Waals surface area contributed by atoms with Crippen molar-refractivity contribution < 1.29 is 23.0 Å². The smallest absolute Gasteiger partial charge is 0.244 e. The molecule has 21 heavy (non-hydrogen) atoms. The maximum Gasteiger partial charge on any atom is 0.244 e. The van der Waals surface area contributed by atoms with Crippen LogP contribution < -0.4 is 14.2 Å². The van der Waals surface area contributed by atoms with Gasteiger partial charge in [0, 0.05) is 19.2 Å². The Balaban J connectivity index is 2.19. The quantitative estimate of drug-likeness (QED) is 0.751. The molecule has 1 fully saturated rings. The maximum absolute atomic E-state index is 12.4. The molecule has 6 nitrogen and oxygen atoms in total. The van der Waals surface area contributed by atoms with Crippen molar-refractivity contribution >= 4 is 10.0 Å². The molecular weight excluding hydrogens is 294 g/mol. The number of aliphatic hydroxyl groups is 1. The van der Waals surface area contributed by atoms with Gasteiger partial charge < -0.3 is 14.6 Å². The van der Waals surface area contributed by atoms with Crippen molar-refractivity contribution in [2.24, 2.45) is 5.41 Å². The van der Waals surface area contributed by atoms with E-state index < -0.39 is 10.0 Å². The van der Waals surface area contributed by atoms with Crippen molar-refractivity contribution in [2.75, 3.05) is 27.4 Å². The fourth-order valence-electron chi connectivity index (χ4n) is 2.25. The fourth-order valence-corrected chi connectivity index (χ4v) is 3.59. The number of nitrogens with one attached hydrogen (secondary N) is 1. The second kappa shape index (κ2) is 6.21. The summed E-state index contributed by atoms with van der Waals surface area (Å²) in [5.74, 6) is 0.725. The highest BCUT2D eigenvalue weighted by Gasteiger charge is 2.42. The summed E-state index contributed by atoms with van der Waals surface area (Å²) in [6.07, 6.45) is 2.49. The molecule has 0 radical (unpaired) electrons. The van der Waals surface area contributed by atoms with Crippen LogP contribution in [0.15, 0.2) is 23.1 Å². The van der Waals surface area contributed by atoms with Crippen LogP contribution in [0.25, 0.3) is 0 Å². The molecule has 2 rings (SSSR count). The molecule has 1 aromatic rings. The van der Waals surface area contributed by atoms with E-state index in [-0.39, 0.29) is 22.7 Å². The Morgan fingerprint density at radius 1 is 1.29 bits per heavy atom. The molecular formula is C14H21NO5S. The molecule has 1 aromatic carbocycles. The molecule has 1 aliphatic carbocycles. The normalized spacial score (nSPS) is 16.5. The minimum Gasteiger partial charge on any atom is -0.497 e. The molecule has 7 heteroatoms. The SMILES string of the molecule is COc1ccc(OC)c(S(=O)(=O)NCC2(CCO)CC2)c1. The molecule has 0 heterocycles. The number of aliphatic hydroxyl groups excluding tert-OH is 1. The molecule has 0 bridgehead atoms. The standard InChI is InChI=1S/C14H21NO5S/c1-19-11-3-4-12(20-2)13(9-11)21(17,18)15-10-14(5-6-14)7-8-16/h3-4,9,15-16H,5-8,10H2,1-2H3. The van der Waals surface area contributed by atoms with Gasteiger partial charge in [-0.2, -0.15) is 0 Å². The summed E-state index contributed by atoms with van der Waals surface area (Å²) in [5.41, 5.74) is -0.0894. The van der Waals surface area contributed by atoms with Crippen molar-refractivity contribution in [1.82, 2.24) is 4.72 Å². The molecule has 2 N–H and O–H groups in total. The van der Waals surface area contributed by atoms with E-state index in [0.29, 0.717) is 18.7 Å². The van der Waals surface area contributed by atoms with Crippen molar-refractivity contribution in [1.29, 1.82) is 0 Å². The predicted molar refractivity (Wildman–Crippen MR) is 78.1 cm³/mol. The first-order valence-electron chi connectivity index (χ1n) is 6.79. The largest absolute Gasteiger partial charge is 0.497 e. The van der Waals surface area contributed by atoms with Crippen LogP contribution in [0.5, 0.6) is 11.5 Å². The van der Waals surface area contributed by atoms with Crippen LogP contribution in [0.4, 0.5) is 0 Å². The summed E-state index contributed by atoms with van der Waals surface area (Å²) in [6.45, 7) is 0.403. The number of benzene rings is 1. The number of rotatable bonds is 8. The number of hydrogen-bond acceptors (Lipinski definition) is 5. The van der Waals surface area contributed by atoms with E-state index >= 15 is 0 Å². The third kappa shape index (κ3) is 3.66. The van der Waals surface area contributed by atoms with Crippen molar-refractivity contribution in [3.8, 4) is 11.5 Å². The third-order valence-electron chi connectivity index (χ3n) is 3.90. The summed E-state index contributed by atoms with van der Waals surface area (Å²) in [7, 11) is -0.780. The Morgan fingerprint density at radius 2 is 2.00 bits per heavy atom. The van der Waals surface area contributed by atoms with Gasteiger partial charge in [-0.05, 0) is 36.8 Å². The Morgan fingerprint density at radius 3 is 2.52 bits per heavy atom. The Bertz CT molecular complexity index is 595. The van der Waals surface area contributed by atoms with Crippen molar-refractivity contribution in [3.05, 3.63) is 18.2 Å². The van der Waals surface area contributed by atoms with E-state index in [2.05, 4.69) is 4.72 Å². The lowest BCUT2D eigenvalue weighted by Crippen LogP contribution is -2.31. The third-order valence-corrected chi connectivity index (χ3v) is 5.32. The molecule has 0 aromatic heterocycles. The van der Waals surface area contributed by atoms with Gasteiger partial charge in [0.05, 0.1) is 14.2 Å². The van der Waals surface area contributed by atoms with Gasteiger partial charge in [-0.1, -0.05) is 0 Å². The first-order chi connectivity index (χ1) is 9.96. The number of sulfonamides is 1. The summed E-state index contributed by atoms with van der Waals surface area (Å²) in [5, 5.41) is 9.03. The topological polar surface area (TPSA) is 84.9 Å². The highest BCUT2D eigenvalue weighted by Crippen LogP contribution is 2.48. The van der Waals surface area contributed by atoms with Crippen LogP contribution in [0.3, 0.4) is 0 Å². The lowest BCUT2D eigenvalue weighted by atomic mass is 10.0. The monoisotopic (exact) mass is 315 g/mol. The predicted octanol–water partition coefficient (Wildman–Crippen LogP) is 1.14. The minimum atomic E-state index is -3.68. The van der Waals surface area contributed by atoms with Gasteiger partial charge in [-0.25, -0.2) is 13.1 Å². The van der Waals surface area contributed by atoms with Gasteiger partial charge in [-0.15, -0.1) is 0 Å². The zero-order valence-electron chi connectivity index (χ0n) is 12.3. The maximum atomic E-state index is 12.4. The highest BCUT2D eigenvalue weighted by atomic mass is 32.2. The molecule has 1 aliphatic rings. The zero-order chi connectivity index (χ0) is 15.5. The van der Waals surface area contributed by atoms with E-state index in [9.17, 15) is 8.42 Å². The lowest BCUT2D eigenvalue weighted by Gasteiger charge is -2.16.